The van der Waals surface area contributed by atoms with Crippen molar-refractivity contribution in [2.75, 3.05) is 19.3 Å². The molecule has 0 saturated heterocycles. The van der Waals surface area contributed by atoms with E-state index in [4.69, 9.17) is 0 Å². The van der Waals surface area contributed by atoms with Gasteiger partial charge in [-0.3, -0.25) is 0 Å². The number of hydrogen-bond donors (Lipinski definition) is 1. The zero-order valence-electron chi connectivity index (χ0n) is 8.42. The first-order valence-corrected chi connectivity index (χ1v) is 6.11. The molecule has 0 aliphatic carbocycles. The van der Waals surface area contributed by atoms with Crippen LogP contribution in [0.2, 0.25) is 0 Å². The lowest BCUT2D eigenvalue weighted by Gasteiger charge is -2.14. The molecule has 1 N–H and O–H groups in total. The molecule has 14 heavy (non-hydrogen) atoms. The fourth-order valence-corrected chi connectivity index (χ4v) is 2.48. The largest absolute Gasteiger partial charge is 0.319 e. The summed E-state index contributed by atoms with van der Waals surface area (Å²) in [6.07, 6.45) is 4.06. The molecule has 0 spiro atoms. The number of thioether (sulfide) groups is 1. The SMILES string of the molecule is CNCCc1ncc2c(n1)CSCC2. The molecular weight excluding hydrogens is 194 g/mol. The molecule has 0 saturated carbocycles. The number of hydrogen-bond acceptors (Lipinski definition) is 4. The molecule has 0 fully saturated rings. The average molecular weight is 209 g/mol. The van der Waals surface area contributed by atoms with Crippen LogP contribution in [0.15, 0.2) is 6.20 Å². The van der Waals surface area contributed by atoms with Gasteiger partial charge in [-0.25, -0.2) is 9.97 Å². The number of likely N-dealkylation sites (N-methyl/N-ethyl adjacent to an activating group) is 1. The molecule has 1 aromatic rings. The molecule has 4 heteroatoms. The number of rotatable bonds is 3. The zero-order valence-corrected chi connectivity index (χ0v) is 9.23. The first-order chi connectivity index (χ1) is 6.90. The van der Waals surface area contributed by atoms with Crippen LogP contribution in [0, 0.1) is 0 Å². The summed E-state index contributed by atoms with van der Waals surface area (Å²) in [5.41, 5.74) is 2.60. The topological polar surface area (TPSA) is 37.8 Å². The highest BCUT2D eigenvalue weighted by Crippen LogP contribution is 2.21. The van der Waals surface area contributed by atoms with Crippen LogP contribution in [-0.4, -0.2) is 29.3 Å². The summed E-state index contributed by atoms with van der Waals surface area (Å²) >= 11 is 1.96. The van der Waals surface area contributed by atoms with Crippen LogP contribution in [0.4, 0.5) is 0 Å². The summed E-state index contributed by atoms with van der Waals surface area (Å²) in [5.74, 6) is 3.25. The number of nitrogens with zero attached hydrogens (tertiary/aromatic N) is 2. The Morgan fingerprint density at radius 3 is 3.36 bits per heavy atom. The Bertz CT molecular complexity index is 314. The summed E-state index contributed by atoms with van der Waals surface area (Å²) in [7, 11) is 1.95. The van der Waals surface area contributed by atoms with Crippen molar-refractivity contribution in [3.8, 4) is 0 Å². The molecule has 2 rings (SSSR count). The molecule has 1 aromatic heterocycles. The van der Waals surface area contributed by atoms with E-state index < -0.39 is 0 Å². The van der Waals surface area contributed by atoms with Gasteiger partial charge in [0.15, 0.2) is 0 Å². The predicted molar refractivity (Wildman–Crippen MR) is 59.5 cm³/mol. The first kappa shape index (κ1) is 9.93. The van der Waals surface area contributed by atoms with Gasteiger partial charge in [0.25, 0.3) is 0 Å². The third-order valence-electron chi connectivity index (χ3n) is 2.36. The van der Waals surface area contributed by atoms with Crippen molar-refractivity contribution in [2.45, 2.75) is 18.6 Å². The fraction of sp³-hybridized carbons (Fsp3) is 0.600. The first-order valence-electron chi connectivity index (χ1n) is 4.96. The van der Waals surface area contributed by atoms with Gasteiger partial charge in [-0.2, -0.15) is 11.8 Å². The van der Waals surface area contributed by atoms with Gasteiger partial charge in [0, 0.05) is 24.9 Å². The molecule has 3 nitrogen and oxygen atoms in total. The number of aromatic nitrogens is 2. The Balaban J connectivity index is 2.12. The van der Waals surface area contributed by atoms with Crippen molar-refractivity contribution in [3.05, 3.63) is 23.3 Å². The van der Waals surface area contributed by atoms with Gasteiger partial charge >= 0.3 is 0 Å². The minimum absolute atomic E-state index is 0.925. The molecular formula is C10H15N3S. The monoisotopic (exact) mass is 209 g/mol. The fourth-order valence-electron chi connectivity index (χ4n) is 1.53. The van der Waals surface area contributed by atoms with E-state index >= 15 is 0 Å². The smallest absolute Gasteiger partial charge is 0.129 e. The summed E-state index contributed by atoms with van der Waals surface area (Å²) in [6, 6.07) is 0. The van der Waals surface area contributed by atoms with Gasteiger partial charge < -0.3 is 5.32 Å². The Morgan fingerprint density at radius 1 is 1.57 bits per heavy atom. The molecule has 0 amide bonds. The van der Waals surface area contributed by atoms with Gasteiger partial charge in [-0.1, -0.05) is 0 Å². The Labute approximate surface area is 88.7 Å². The third kappa shape index (κ3) is 2.25. The molecule has 0 atom stereocenters. The van der Waals surface area contributed by atoms with E-state index in [9.17, 15) is 0 Å². The van der Waals surface area contributed by atoms with E-state index in [2.05, 4.69) is 15.3 Å². The third-order valence-corrected chi connectivity index (χ3v) is 3.33. The van der Waals surface area contributed by atoms with Crippen LogP contribution in [0.25, 0.3) is 0 Å². The highest BCUT2D eigenvalue weighted by molar-refractivity contribution is 7.98. The molecule has 0 aromatic carbocycles. The minimum atomic E-state index is 0.925. The zero-order chi connectivity index (χ0) is 9.80. The lowest BCUT2D eigenvalue weighted by Crippen LogP contribution is -2.14. The van der Waals surface area contributed by atoms with E-state index in [-0.39, 0.29) is 0 Å². The van der Waals surface area contributed by atoms with E-state index in [1.54, 1.807) is 0 Å². The maximum Gasteiger partial charge on any atom is 0.129 e. The van der Waals surface area contributed by atoms with Crippen LogP contribution in [0.1, 0.15) is 17.1 Å². The van der Waals surface area contributed by atoms with E-state index in [0.29, 0.717) is 0 Å². The van der Waals surface area contributed by atoms with E-state index in [1.165, 1.54) is 17.0 Å². The minimum Gasteiger partial charge on any atom is -0.319 e. The summed E-state index contributed by atoms with van der Waals surface area (Å²) in [6.45, 7) is 0.950. The van der Waals surface area contributed by atoms with Crippen LogP contribution in [0.5, 0.6) is 0 Å². The molecule has 0 radical (unpaired) electrons. The van der Waals surface area contributed by atoms with Gasteiger partial charge in [-0.05, 0) is 24.8 Å². The second kappa shape index (κ2) is 4.75. The van der Waals surface area contributed by atoms with Crippen molar-refractivity contribution < 1.29 is 0 Å². The van der Waals surface area contributed by atoms with Crippen molar-refractivity contribution in [3.63, 3.8) is 0 Å². The summed E-state index contributed by atoms with van der Waals surface area (Å²) in [5, 5.41) is 3.11. The second-order valence-electron chi connectivity index (χ2n) is 3.41. The van der Waals surface area contributed by atoms with Crippen molar-refractivity contribution in [1.82, 2.24) is 15.3 Å². The van der Waals surface area contributed by atoms with Crippen LogP contribution in [-0.2, 0) is 18.6 Å². The maximum atomic E-state index is 4.58. The lowest BCUT2D eigenvalue weighted by atomic mass is 10.2. The Hall–Kier alpha value is -0.610. The Morgan fingerprint density at radius 2 is 2.50 bits per heavy atom. The molecule has 1 aliphatic rings. The summed E-state index contributed by atoms with van der Waals surface area (Å²) < 4.78 is 0. The van der Waals surface area contributed by atoms with Crippen LogP contribution in [0.3, 0.4) is 0 Å². The van der Waals surface area contributed by atoms with Gasteiger partial charge in [0.05, 0.1) is 5.69 Å². The second-order valence-corrected chi connectivity index (χ2v) is 4.52. The molecule has 0 bridgehead atoms. The predicted octanol–water partition coefficient (Wildman–Crippen LogP) is 1.03. The van der Waals surface area contributed by atoms with Crippen molar-refractivity contribution in [1.29, 1.82) is 0 Å². The Kier molecular flexibility index (Phi) is 3.37. The summed E-state index contributed by atoms with van der Waals surface area (Å²) in [4.78, 5) is 8.95. The quantitative estimate of drug-likeness (QED) is 0.807. The molecule has 1 aliphatic heterocycles. The molecule has 0 unspecified atom stereocenters. The van der Waals surface area contributed by atoms with Crippen molar-refractivity contribution in [2.24, 2.45) is 0 Å². The van der Waals surface area contributed by atoms with Crippen LogP contribution >= 0.6 is 11.8 Å². The van der Waals surface area contributed by atoms with Crippen LogP contribution < -0.4 is 5.32 Å². The normalized spacial score (nSPS) is 15.2. The molecule has 76 valence electrons. The highest BCUT2D eigenvalue weighted by atomic mass is 32.2. The average Bonchev–Trinajstić information content (AvgIpc) is 2.26. The maximum absolute atomic E-state index is 4.58. The number of nitrogens with one attached hydrogen (secondary N) is 1. The van der Waals surface area contributed by atoms with Gasteiger partial charge in [0.2, 0.25) is 0 Å². The highest BCUT2D eigenvalue weighted by Gasteiger charge is 2.11. The number of aryl methyl sites for hydroxylation is 1. The van der Waals surface area contributed by atoms with Gasteiger partial charge in [-0.15, -0.1) is 0 Å². The molecule has 2 heterocycles. The standard InChI is InChI=1S/C10H15N3S/c1-11-4-2-10-12-6-8-3-5-14-7-9(8)13-10/h6,11H,2-5,7H2,1H3. The number of fused-ring (bicyclic) bond motifs is 1. The van der Waals surface area contributed by atoms with Crippen molar-refractivity contribution >= 4 is 11.8 Å². The van der Waals surface area contributed by atoms with E-state index in [0.717, 1.165) is 31.0 Å². The lowest BCUT2D eigenvalue weighted by molar-refractivity contribution is 0.746. The van der Waals surface area contributed by atoms with Gasteiger partial charge in [0.1, 0.15) is 5.82 Å². The van der Waals surface area contributed by atoms with E-state index in [1.807, 2.05) is 25.0 Å².